The van der Waals surface area contributed by atoms with E-state index in [2.05, 4.69) is 108 Å². The van der Waals surface area contributed by atoms with Crippen molar-refractivity contribution < 1.29 is 4.74 Å². The molecule has 0 bridgehead atoms. The molecule has 0 spiro atoms. The second-order valence-electron chi connectivity index (χ2n) is 10.7. The maximum Gasteiger partial charge on any atom is 0.219 e. The predicted molar refractivity (Wildman–Crippen MR) is 175 cm³/mol. The van der Waals surface area contributed by atoms with Crippen LogP contribution in [0.2, 0.25) is 0 Å². The van der Waals surface area contributed by atoms with Gasteiger partial charge in [-0.1, -0.05) is 103 Å². The van der Waals surface area contributed by atoms with Gasteiger partial charge in [0.2, 0.25) is 5.88 Å². The summed E-state index contributed by atoms with van der Waals surface area (Å²) in [6.07, 6.45) is 10.5. The molecule has 0 saturated carbocycles. The van der Waals surface area contributed by atoms with Gasteiger partial charge in [0.1, 0.15) is 5.75 Å². The minimum absolute atomic E-state index is 0.0213. The molecule has 0 radical (unpaired) electrons. The van der Waals surface area contributed by atoms with Crippen LogP contribution in [-0.2, 0) is 0 Å². The fourth-order valence-corrected chi connectivity index (χ4v) is 6.03. The molecule has 4 aromatic carbocycles. The largest absolute Gasteiger partial charge is 0.439 e. The molecule has 0 fully saturated rings. The first-order valence-electron chi connectivity index (χ1n) is 14.4. The lowest BCUT2D eigenvalue weighted by molar-refractivity contribution is 0.463. The third-order valence-electron chi connectivity index (χ3n) is 8.08. The molecule has 8 rings (SSSR count). The van der Waals surface area contributed by atoms with Crippen molar-refractivity contribution >= 4 is 35.7 Å². The van der Waals surface area contributed by atoms with Gasteiger partial charge < -0.3 is 10.1 Å². The van der Waals surface area contributed by atoms with Crippen LogP contribution in [0, 0.1) is 0 Å². The molecule has 4 heteroatoms. The van der Waals surface area contributed by atoms with Gasteiger partial charge >= 0.3 is 0 Å². The summed E-state index contributed by atoms with van der Waals surface area (Å²) in [4.78, 5) is 9.73. The molecule has 0 amide bonds. The zero-order valence-electron chi connectivity index (χ0n) is 23.3. The van der Waals surface area contributed by atoms with Gasteiger partial charge in [0.05, 0.1) is 23.0 Å². The topological polar surface area (TPSA) is 47.0 Å². The monoisotopic (exact) mass is 553 g/mol. The molecule has 1 atom stereocenters. The Morgan fingerprint density at radius 1 is 0.581 bits per heavy atom. The number of rotatable bonds is 4. The lowest BCUT2D eigenvalue weighted by Gasteiger charge is -2.21. The summed E-state index contributed by atoms with van der Waals surface area (Å²) >= 11 is 0. The number of fused-ring (bicyclic) bond motifs is 4. The Morgan fingerprint density at radius 3 is 2.23 bits per heavy atom. The number of hydrogen-bond acceptors (Lipinski definition) is 4. The summed E-state index contributed by atoms with van der Waals surface area (Å²) < 4.78 is 6.45. The third kappa shape index (κ3) is 4.69. The first kappa shape index (κ1) is 25.0. The van der Waals surface area contributed by atoms with Gasteiger partial charge in [-0.2, -0.15) is 0 Å². The van der Waals surface area contributed by atoms with Crippen LogP contribution in [0.3, 0.4) is 0 Å². The molecule has 43 heavy (non-hydrogen) atoms. The van der Waals surface area contributed by atoms with Gasteiger partial charge in [-0.15, -0.1) is 0 Å². The second-order valence-corrected chi connectivity index (χ2v) is 10.7. The highest BCUT2D eigenvalue weighted by Gasteiger charge is 2.25. The van der Waals surface area contributed by atoms with Gasteiger partial charge in [0.25, 0.3) is 0 Å². The Kier molecular flexibility index (Phi) is 6.16. The van der Waals surface area contributed by atoms with E-state index in [-0.39, 0.29) is 5.92 Å². The fourth-order valence-electron chi connectivity index (χ4n) is 6.03. The number of benzene rings is 4. The number of ether oxygens (including phenoxy) is 1. The maximum absolute atomic E-state index is 6.45. The fraction of sp³-hybridized carbons (Fsp3) is 0.0256. The Bertz CT molecular complexity index is 2040. The van der Waals surface area contributed by atoms with E-state index in [0.29, 0.717) is 5.88 Å². The summed E-state index contributed by atoms with van der Waals surface area (Å²) in [5.41, 5.74) is 11.9. The standard InChI is InChI=1S/C39H27N3O/c1-3-12-31-26(9-1)18-19-27-22-23-30(25-33(27)38(31)36-15-5-6-24-40-36)43-37-17-8-16-35(41-37)32-13-7-11-29-21-20-28-10-2-4-14-34(28)42-39(29)32/h1-25,38,42H. The van der Waals surface area contributed by atoms with Crippen molar-refractivity contribution in [2.45, 2.75) is 5.92 Å². The van der Waals surface area contributed by atoms with Crippen molar-refractivity contribution in [3.05, 3.63) is 167 Å². The molecule has 4 nitrogen and oxygen atoms in total. The maximum atomic E-state index is 6.45. The SMILES string of the molecule is C1=Cc2cccc(-c3cccc(Oc4ccc5c(c4)C(c4ccccn4)c4ccccc4C=C5)n3)c2Nc2ccccc21. The van der Waals surface area contributed by atoms with Crippen LogP contribution in [0.15, 0.2) is 128 Å². The van der Waals surface area contributed by atoms with E-state index < -0.39 is 0 Å². The molecular formula is C39H27N3O. The number of aromatic nitrogens is 2. The Balaban J connectivity index is 1.16. The van der Waals surface area contributed by atoms with E-state index in [1.54, 1.807) is 0 Å². The zero-order valence-corrected chi connectivity index (χ0v) is 23.3. The average molecular weight is 554 g/mol. The molecule has 2 aromatic heterocycles. The molecular weight excluding hydrogens is 526 g/mol. The average Bonchev–Trinajstić information content (AvgIpc) is 3.35. The van der Waals surface area contributed by atoms with Crippen LogP contribution >= 0.6 is 0 Å². The van der Waals surface area contributed by atoms with Gasteiger partial charge in [-0.05, 0) is 69.8 Å². The molecule has 1 aliphatic heterocycles. The van der Waals surface area contributed by atoms with Crippen LogP contribution in [0.5, 0.6) is 11.6 Å². The van der Waals surface area contributed by atoms with E-state index in [1.165, 1.54) is 11.1 Å². The molecule has 1 unspecified atom stereocenters. The van der Waals surface area contributed by atoms with Crippen molar-refractivity contribution in [2.24, 2.45) is 0 Å². The normalized spacial score (nSPS) is 14.3. The number of para-hydroxylation sites is 2. The highest BCUT2D eigenvalue weighted by atomic mass is 16.5. The highest BCUT2D eigenvalue weighted by Crippen LogP contribution is 2.41. The Labute approximate surface area is 250 Å². The van der Waals surface area contributed by atoms with E-state index in [0.717, 1.165) is 56.3 Å². The van der Waals surface area contributed by atoms with E-state index in [9.17, 15) is 0 Å². The second kappa shape index (κ2) is 10.6. The van der Waals surface area contributed by atoms with Crippen molar-refractivity contribution in [1.82, 2.24) is 9.97 Å². The lowest BCUT2D eigenvalue weighted by Crippen LogP contribution is -2.07. The third-order valence-corrected chi connectivity index (χ3v) is 8.08. The van der Waals surface area contributed by atoms with E-state index >= 15 is 0 Å². The first-order valence-corrected chi connectivity index (χ1v) is 14.4. The summed E-state index contributed by atoms with van der Waals surface area (Å²) in [6, 6.07) is 41.4. The summed E-state index contributed by atoms with van der Waals surface area (Å²) in [6.45, 7) is 0. The lowest BCUT2D eigenvalue weighted by atomic mass is 9.85. The van der Waals surface area contributed by atoms with Crippen LogP contribution in [0.25, 0.3) is 35.6 Å². The molecule has 3 heterocycles. The van der Waals surface area contributed by atoms with Crippen LogP contribution in [-0.4, -0.2) is 9.97 Å². The first-order chi connectivity index (χ1) is 21.3. The predicted octanol–water partition coefficient (Wildman–Crippen LogP) is 9.83. The summed E-state index contributed by atoms with van der Waals surface area (Å²) in [5.74, 6) is 1.25. The molecule has 1 N–H and O–H groups in total. The highest BCUT2D eigenvalue weighted by molar-refractivity contribution is 5.93. The Morgan fingerprint density at radius 2 is 1.33 bits per heavy atom. The molecule has 0 saturated heterocycles. The Hall–Kier alpha value is -5.74. The zero-order chi connectivity index (χ0) is 28.6. The van der Waals surface area contributed by atoms with Crippen molar-refractivity contribution in [3.8, 4) is 22.9 Å². The number of anilines is 2. The van der Waals surface area contributed by atoms with Crippen LogP contribution in [0.1, 0.15) is 45.0 Å². The van der Waals surface area contributed by atoms with Crippen LogP contribution < -0.4 is 10.1 Å². The quantitative estimate of drug-likeness (QED) is 0.236. The minimum atomic E-state index is -0.0213. The molecule has 1 aliphatic carbocycles. The smallest absolute Gasteiger partial charge is 0.219 e. The van der Waals surface area contributed by atoms with E-state index in [1.807, 2.05) is 48.7 Å². The van der Waals surface area contributed by atoms with Crippen molar-refractivity contribution in [2.75, 3.05) is 5.32 Å². The van der Waals surface area contributed by atoms with E-state index in [4.69, 9.17) is 14.7 Å². The van der Waals surface area contributed by atoms with Crippen molar-refractivity contribution in [3.63, 3.8) is 0 Å². The van der Waals surface area contributed by atoms with Gasteiger partial charge in [0, 0.05) is 23.5 Å². The van der Waals surface area contributed by atoms with Crippen LogP contribution in [0.4, 0.5) is 11.4 Å². The minimum Gasteiger partial charge on any atom is -0.439 e. The van der Waals surface area contributed by atoms with Gasteiger partial charge in [-0.25, -0.2) is 4.98 Å². The molecule has 204 valence electrons. The molecule has 6 aromatic rings. The molecule has 2 aliphatic rings. The summed E-state index contributed by atoms with van der Waals surface area (Å²) in [5, 5.41) is 3.65. The number of nitrogens with zero attached hydrogens (tertiary/aromatic N) is 2. The summed E-state index contributed by atoms with van der Waals surface area (Å²) in [7, 11) is 0. The number of nitrogens with one attached hydrogen (secondary N) is 1. The van der Waals surface area contributed by atoms with Crippen molar-refractivity contribution in [1.29, 1.82) is 0 Å². The van der Waals surface area contributed by atoms with Gasteiger partial charge in [0.15, 0.2) is 0 Å². The van der Waals surface area contributed by atoms with Gasteiger partial charge in [-0.3, -0.25) is 4.98 Å². The number of pyridine rings is 2. The number of hydrogen-bond donors (Lipinski definition) is 1.